The van der Waals surface area contributed by atoms with Crippen molar-refractivity contribution in [2.45, 2.75) is 39.2 Å². The first-order valence-electron chi connectivity index (χ1n) is 7.77. The third-order valence-corrected chi connectivity index (χ3v) is 4.36. The zero-order valence-corrected chi connectivity index (χ0v) is 13.2. The number of hydrogen-bond acceptors (Lipinski definition) is 3. The van der Waals surface area contributed by atoms with Gasteiger partial charge in [-0.1, -0.05) is 12.5 Å². The molecule has 22 heavy (non-hydrogen) atoms. The van der Waals surface area contributed by atoms with Crippen molar-refractivity contribution in [3.8, 4) is 0 Å². The molecule has 1 fully saturated rings. The van der Waals surface area contributed by atoms with E-state index in [9.17, 15) is 14.7 Å². The first-order valence-corrected chi connectivity index (χ1v) is 7.77. The van der Waals surface area contributed by atoms with Gasteiger partial charge in [-0.05, 0) is 49.9 Å². The van der Waals surface area contributed by atoms with Gasteiger partial charge >= 0.3 is 0 Å². The van der Waals surface area contributed by atoms with Gasteiger partial charge in [-0.3, -0.25) is 9.59 Å². The van der Waals surface area contributed by atoms with Crippen molar-refractivity contribution < 1.29 is 14.7 Å². The Morgan fingerprint density at radius 2 is 1.95 bits per heavy atom. The SMILES string of the molecule is Cc1ccc(C(=O)NCC(=O)NCC2CCCC2O)cc1C. The quantitative estimate of drug-likeness (QED) is 0.767. The third kappa shape index (κ3) is 4.31. The van der Waals surface area contributed by atoms with Crippen molar-refractivity contribution in [2.75, 3.05) is 13.1 Å². The number of amides is 2. The molecule has 2 atom stereocenters. The molecule has 2 unspecified atom stereocenters. The van der Waals surface area contributed by atoms with Crippen LogP contribution in [0, 0.1) is 19.8 Å². The Labute approximate surface area is 131 Å². The smallest absolute Gasteiger partial charge is 0.251 e. The molecule has 2 rings (SSSR count). The van der Waals surface area contributed by atoms with Crippen molar-refractivity contribution in [2.24, 2.45) is 5.92 Å². The van der Waals surface area contributed by atoms with E-state index >= 15 is 0 Å². The second-order valence-electron chi connectivity index (χ2n) is 6.04. The van der Waals surface area contributed by atoms with E-state index in [1.54, 1.807) is 6.07 Å². The molecule has 5 heteroatoms. The first-order chi connectivity index (χ1) is 10.5. The van der Waals surface area contributed by atoms with Gasteiger partial charge in [-0.15, -0.1) is 0 Å². The van der Waals surface area contributed by atoms with Crippen LogP contribution in [0.25, 0.3) is 0 Å². The summed E-state index contributed by atoms with van der Waals surface area (Å²) in [5.74, 6) is -0.338. The Morgan fingerprint density at radius 3 is 2.59 bits per heavy atom. The van der Waals surface area contributed by atoms with Crippen LogP contribution >= 0.6 is 0 Å². The van der Waals surface area contributed by atoms with Crippen LogP contribution in [0.4, 0.5) is 0 Å². The van der Waals surface area contributed by atoms with Gasteiger partial charge < -0.3 is 15.7 Å². The van der Waals surface area contributed by atoms with Crippen LogP contribution < -0.4 is 10.6 Å². The first kappa shape index (κ1) is 16.5. The van der Waals surface area contributed by atoms with Gasteiger partial charge in [0.1, 0.15) is 0 Å². The van der Waals surface area contributed by atoms with Crippen LogP contribution in [0.15, 0.2) is 18.2 Å². The Balaban J connectivity index is 1.75. The van der Waals surface area contributed by atoms with Crippen LogP contribution in [0.2, 0.25) is 0 Å². The maximum atomic E-state index is 12.0. The minimum Gasteiger partial charge on any atom is -0.393 e. The maximum absolute atomic E-state index is 12.0. The summed E-state index contributed by atoms with van der Waals surface area (Å²) in [5.41, 5.74) is 2.74. The summed E-state index contributed by atoms with van der Waals surface area (Å²) >= 11 is 0. The van der Waals surface area contributed by atoms with E-state index in [1.165, 1.54) is 0 Å². The highest BCUT2D eigenvalue weighted by atomic mass is 16.3. The second kappa shape index (κ2) is 7.40. The zero-order valence-electron chi connectivity index (χ0n) is 13.2. The lowest BCUT2D eigenvalue weighted by Gasteiger charge is -2.15. The van der Waals surface area contributed by atoms with E-state index in [2.05, 4.69) is 10.6 Å². The van der Waals surface area contributed by atoms with Crippen molar-refractivity contribution in [1.82, 2.24) is 10.6 Å². The van der Waals surface area contributed by atoms with Crippen LogP contribution in [-0.4, -0.2) is 36.1 Å². The summed E-state index contributed by atoms with van der Waals surface area (Å²) in [6.07, 6.45) is 2.44. The van der Waals surface area contributed by atoms with E-state index in [0.29, 0.717) is 12.1 Å². The minimum absolute atomic E-state index is 0.0471. The average Bonchev–Trinajstić information content (AvgIpc) is 2.90. The van der Waals surface area contributed by atoms with Crippen LogP contribution in [0.5, 0.6) is 0 Å². The highest BCUT2D eigenvalue weighted by Gasteiger charge is 2.25. The number of rotatable bonds is 5. The maximum Gasteiger partial charge on any atom is 0.251 e. The average molecular weight is 304 g/mol. The van der Waals surface area contributed by atoms with Crippen molar-refractivity contribution in [1.29, 1.82) is 0 Å². The number of carbonyl (C=O) groups is 2. The Kier molecular flexibility index (Phi) is 5.55. The predicted octanol–water partition coefficient (Wildman–Crippen LogP) is 1.31. The highest BCUT2D eigenvalue weighted by Crippen LogP contribution is 2.24. The molecule has 1 aliphatic rings. The fourth-order valence-electron chi connectivity index (χ4n) is 2.71. The lowest BCUT2D eigenvalue weighted by Crippen LogP contribution is -2.40. The lowest BCUT2D eigenvalue weighted by atomic mass is 10.1. The van der Waals surface area contributed by atoms with Gasteiger partial charge in [0.15, 0.2) is 0 Å². The Bertz CT molecular complexity index is 557. The monoisotopic (exact) mass is 304 g/mol. The number of aryl methyl sites for hydroxylation is 2. The van der Waals surface area contributed by atoms with E-state index < -0.39 is 0 Å². The standard InChI is InChI=1S/C17H24N2O3/c1-11-6-7-13(8-12(11)2)17(22)19-10-16(21)18-9-14-4-3-5-15(14)20/h6-8,14-15,20H,3-5,9-10H2,1-2H3,(H,18,21)(H,19,22). The molecule has 3 N–H and O–H groups in total. The topological polar surface area (TPSA) is 78.4 Å². The van der Waals surface area contributed by atoms with Gasteiger partial charge in [0.2, 0.25) is 5.91 Å². The molecule has 0 bridgehead atoms. The molecule has 1 aromatic carbocycles. The largest absolute Gasteiger partial charge is 0.393 e. The van der Waals surface area contributed by atoms with Gasteiger partial charge in [0, 0.05) is 18.0 Å². The number of benzene rings is 1. The fraction of sp³-hybridized carbons (Fsp3) is 0.529. The Morgan fingerprint density at radius 1 is 1.18 bits per heavy atom. The molecule has 5 nitrogen and oxygen atoms in total. The summed E-state index contributed by atoms with van der Waals surface area (Å²) < 4.78 is 0. The van der Waals surface area contributed by atoms with Gasteiger partial charge in [0.25, 0.3) is 5.91 Å². The van der Waals surface area contributed by atoms with Crippen molar-refractivity contribution in [3.05, 3.63) is 34.9 Å². The van der Waals surface area contributed by atoms with Crippen molar-refractivity contribution >= 4 is 11.8 Å². The van der Waals surface area contributed by atoms with E-state index in [-0.39, 0.29) is 30.4 Å². The summed E-state index contributed by atoms with van der Waals surface area (Å²) in [6, 6.07) is 5.47. The molecule has 1 aliphatic carbocycles. The molecule has 1 aromatic rings. The van der Waals surface area contributed by atoms with Crippen LogP contribution in [0.3, 0.4) is 0 Å². The summed E-state index contributed by atoms with van der Waals surface area (Å²) in [7, 11) is 0. The molecule has 0 saturated heterocycles. The number of aliphatic hydroxyl groups is 1. The highest BCUT2D eigenvalue weighted by molar-refractivity contribution is 5.96. The van der Waals surface area contributed by atoms with Crippen LogP contribution in [-0.2, 0) is 4.79 Å². The van der Waals surface area contributed by atoms with E-state index in [0.717, 1.165) is 30.4 Å². The number of nitrogens with one attached hydrogen (secondary N) is 2. The molecule has 0 heterocycles. The molecule has 0 radical (unpaired) electrons. The number of carbonyl (C=O) groups excluding carboxylic acids is 2. The van der Waals surface area contributed by atoms with E-state index in [1.807, 2.05) is 26.0 Å². The zero-order chi connectivity index (χ0) is 16.1. The molecule has 0 spiro atoms. The summed E-state index contributed by atoms with van der Waals surface area (Å²) in [5, 5.41) is 15.1. The predicted molar refractivity (Wildman–Crippen MR) is 84.6 cm³/mol. The van der Waals surface area contributed by atoms with Gasteiger partial charge in [0.05, 0.1) is 12.6 Å². The lowest BCUT2D eigenvalue weighted by molar-refractivity contribution is -0.120. The van der Waals surface area contributed by atoms with Crippen LogP contribution in [0.1, 0.15) is 40.7 Å². The molecule has 0 aromatic heterocycles. The second-order valence-corrected chi connectivity index (χ2v) is 6.04. The third-order valence-electron chi connectivity index (χ3n) is 4.36. The summed E-state index contributed by atoms with van der Waals surface area (Å²) in [6.45, 7) is 4.36. The Hall–Kier alpha value is -1.88. The molecule has 120 valence electrons. The fourth-order valence-corrected chi connectivity index (χ4v) is 2.71. The molecular weight excluding hydrogens is 280 g/mol. The molecular formula is C17H24N2O3. The summed E-state index contributed by atoms with van der Waals surface area (Å²) in [4.78, 5) is 23.7. The normalized spacial score (nSPS) is 20.7. The molecule has 2 amide bonds. The van der Waals surface area contributed by atoms with Gasteiger partial charge in [-0.25, -0.2) is 0 Å². The number of aliphatic hydroxyl groups excluding tert-OH is 1. The van der Waals surface area contributed by atoms with Gasteiger partial charge in [-0.2, -0.15) is 0 Å². The molecule has 0 aliphatic heterocycles. The molecule has 1 saturated carbocycles. The van der Waals surface area contributed by atoms with E-state index in [4.69, 9.17) is 0 Å². The van der Waals surface area contributed by atoms with Crippen molar-refractivity contribution in [3.63, 3.8) is 0 Å². The minimum atomic E-state index is -0.314. The number of hydrogen-bond donors (Lipinski definition) is 3.